The number of nitrogen functional groups attached to an aromatic ring is 1. The van der Waals surface area contributed by atoms with Gasteiger partial charge in [-0.15, -0.1) is 0 Å². The van der Waals surface area contributed by atoms with Crippen molar-refractivity contribution in [2.45, 2.75) is 52.5 Å². The van der Waals surface area contributed by atoms with Gasteiger partial charge in [0.05, 0.1) is 22.1 Å². The summed E-state index contributed by atoms with van der Waals surface area (Å²) in [4.78, 5) is 4.52. The first kappa shape index (κ1) is 19.7. The number of hydrogen-bond acceptors (Lipinski definition) is 4. The van der Waals surface area contributed by atoms with Crippen LogP contribution in [0.4, 0.5) is 22.9 Å². The van der Waals surface area contributed by atoms with E-state index < -0.39 is 0 Å². The lowest BCUT2D eigenvalue weighted by Gasteiger charge is -2.22. The van der Waals surface area contributed by atoms with Gasteiger partial charge in [-0.1, -0.05) is 49.9 Å². The number of benzene rings is 1. The first-order valence-electron chi connectivity index (χ1n) is 8.70. The first-order chi connectivity index (χ1) is 11.9. The molecule has 0 amide bonds. The van der Waals surface area contributed by atoms with Crippen molar-refractivity contribution in [1.29, 1.82) is 0 Å². The van der Waals surface area contributed by atoms with Crippen LogP contribution in [-0.2, 0) is 0 Å². The molecule has 0 saturated heterocycles. The molecule has 0 radical (unpaired) electrons. The van der Waals surface area contributed by atoms with Crippen LogP contribution in [0.1, 0.15) is 45.2 Å². The summed E-state index contributed by atoms with van der Waals surface area (Å²) in [6.45, 7) is 6.34. The fraction of sp³-hybridized carbons (Fsp3) is 0.421. The summed E-state index contributed by atoms with van der Waals surface area (Å²) >= 11 is 12.2. The third-order valence-electron chi connectivity index (χ3n) is 4.00. The minimum absolute atomic E-state index is 0.408. The molecule has 136 valence electrons. The third-order valence-corrected chi connectivity index (χ3v) is 4.55. The Kier molecular flexibility index (Phi) is 7.21. The van der Waals surface area contributed by atoms with Crippen molar-refractivity contribution in [3.8, 4) is 0 Å². The van der Waals surface area contributed by atoms with Gasteiger partial charge in [0.25, 0.3) is 0 Å². The van der Waals surface area contributed by atoms with Gasteiger partial charge in [0.2, 0.25) is 0 Å². The number of anilines is 4. The number of nitrogens with zero attached hydrogens (tertiary/aromatic N) is 1. The van der Waals surface area contributed by atoms with Crippen LogP contribution in [0.3, 0.4) is 0 Å². The highest BCUT2D eigenvalue weighted by Crippen LogP contribution is 2.33. The van der Waals surface area contributed by atoms with Crippen LogP contribution in [0.2, 0.25) is 10.0 Å². The van der Waals surface area contributed by atoms with Gasteiger partial charge in [-0.25, -0.2) is 4.98 Å². The van der Waals surface area contributed by atoms with Crippen molar-refractivity contribution in [3.05, 3.63) is 40.0 Å². The number of halogens is 2. The molecule has 1 heterocycles. The third kappa shape index (κ3) is 5.41. The molecule has 0 unspecified atom stereocenters. The number of nitrogens with two attached hydrogens (primary N) is 1. The lowest BCUT2D eigenvalue weighted by molar-refractivity contribution is 0.586. The fourth-order valence-electron chi connectivity index (χ4n) is 2.82. The topological polar surface area (TPSA) is 63.0 Å². The van der Waals surface area contributed by atoms with Gasteiger partial charge >= 0.3 is 0 Å². The molecule has 0 saturated carbocycles. The summed E-state index contributed by atoms with van der Waals surface area (Å²) in [6, 6.07) is 7.68. The molecule has 2 rings (SSSR count). The van der Waals surface area contributed by atoms with E-state index >= 15 is 0 Å². The molecule has 25 heavy (non-hydrogen) atoms. The van der Waals surface area contributed by atoms with Crippen molar-refractivity contribution >= 4 is 46.1 Å². The van der Waals surface area contributed by atoms with Crippen molar-refractivity contribution in [3.63, 3.8) is 0 Å². The highest BCUT2D eigenvalue weighted by molar-refractivity contribution is 6.36. The maximum Gasteiger partial charge on any atom is 0.156 e. The lowest BCUT2D eigenvalue weighted by atomic mass is 10.1. The second-order valence-electron chi connectivity index (χ2n) is 6.24. The Bertz CT molecular complexity index is 713. The highest BCUT2D eigenvalue weighted by atomic mass is 35.5. The van der Waals surface area contributed by atoms with Crippen LogP contribution in [-0.4, -0.2) is 11.0 Å². The van der Waals surface area contributed by atoms with Crippen molar-refractivity contribution < 1.29 is 0 Å². The number of pyridine rings is 1. The average Bonchev–Trinajstić information content (AvgIpc) is 2.54. The largest absolute Gasteiger partial charge is 0.394 e. The number of aryl methyl sites for hydroxylation is 1. The lowest BCUT2D eigenvalue weighted by Crippen LogP contribution is -2.20. The SMILES string of the molecule is CCCC(CCC)Nc1cc(C)nc(Nc2ccc(Cl)cc2Cl)c1N. The second kappa shape index (κ2) is 9.16. The van der Waals surface area contributed by atoms with Crippen LogP contribution in [0.15, 0.2) is 24.3 Å². The van der Waals surface area contributed by atoms with Crippen molar-refractivity contribution in [1.82, 2.24) is 4.98 Å². The van der Waals surface area contributed by atoms with Gasteiger partial charge in [-0.05, 0) is 44.0 Å². The quantitative estimate of drug-likeness (QED) is 0.495. The van der Waals surface area contributed by atoms with Crippen LogP contribution in [0, 0.1) is 6.92 Å². The molecule has 0 aliphatic rings. The summed E-state index contributed by atoms with van der Waals surface area (Å²) in [6.07, 6.45) is 4.49. The predicted molar refractivity (Wildman–Crippen MR) is 110 cm³/mol. The van der Waals surface area contributed by atoms with Gasteiger partial charge in [-0.3, -0.25) is 0 Å². The van der Waals surface area contributed by atoms with Crippen molar-refractivity contribution in [2.24, 2.45) is 0 Å². The van der Waals surface area contributed by atoms with Gasteiger partial charge in [0.15, 0.2) is 5.82 Å². The van der Waals surface area contributed by atoms with E-state index in [0.29, 0.717) is 27.6 Å². The van der Waals surface area contributed by atoms with Gasteiger partial charge in [0, 0.05) is 16.8 Å². The zero-order valence-corrected chi connectivity index (χ0v) is 16.5. The molecule has 2 aromatic rings. The van der Waals surface area contributed by atoms with Gasteiger partial charge in [-0.2, -0.15) is 0 Å². The number of rotatable bonds is 8. The van der Waals surface area contributed by atoms with Crippen LogP contribution in [0.25, 0.3) is 0 Å². The van der Waals surface area contributed by atoms with E-state index in [-0.39, 0.29) is 0 Å². The van der Waals surface area contributed by atoms with E-state index in [4.69, 9.17) is 28.9 Å². The Balaban J connectivity index is 2.29. The van der Waals surface area contributed by atoms with E-state index in [9.17, 15) is 0 Å². The zero-order chi connectivity index (χ0) is 18.4. The summed E-state index contributed by atoms with van der Waals surface area (Å²) in [5.74, 6) is 0.596. The Morgan fingerprint density at radius 2 is 1.76 bits per heavy atom. The van der Waals surface area contributed by atoms with Crippen LogP contribution < -0.4 is 16.4 Å². The molecule has 0 aliphatic carbocycles. The summed E-state index contributed by atoms with van der Waals surface area (Å²) in [5, 5.41) is 7.92. The van der Waals surface area contributed by atoms with Gasteiger partial charge in [0.1, 0.15) is 0 Å². The van der Waals surface area contributed by atoms with Gasteiger partial charge < -0.3 is 16.4 Å². The number of aromatic nitrogens is 1. The van der Waals surface area contributed by atoms with E-state index in [2.05, 4.69) is 29.5 Å². The van der Waals surface area contributed by atoms with E-state index in [1.807, 2.05) is 19.1 Å². The van der Waals surface area contributed by atoms with E-state index in [1.54, 1.807) is 12.1 Å². The standard InChI is InChI=1S/C19H26Cl2N4/c1-4-6-14(7-5-2)24-17-10-12(3)23-19(18(17)22)25-16-9-8-13(20)11-15(16)21/h8-11,14H,4-7,22H2,1-3H3,(H2,23,24,25). The smallest absolute Gasteiger partial charge is 0.156 e. The number of nitrogens with one attached hydrogen (secondary N) is 2. The predicted octanol–water partition coefficient (Wildman–Crippen LogP) is 6.40. The van der Waals surface area contributed by atoms with E-state index in [1.165, 1.54) is 0 Å². The molecular weight excluding hydrogens is 355 g/mol. The maximum absolute atomic E-state index is 6.36. The van der Waals surface area contributed by atoms with Crippen molar-refractivity contribution in [2.75, 3.05) is 16.4 Å². The molecule has 1 aromatic carbocycles. The molecule has 0 atom stereocenters. The van der Waals surface area contributed by atoms with Crippen LogP contribution >= 0.6 is 23.2 Å². The molecule has 1 aromatic heterocycles. The molecule has 0 spiro atoms. The molecule has 4 nitrogen and oxygen atoms in total. The molecule has 4 N–H and O–H groups in total. The zero-order valence-electron chi connectivity index (χ0n) is 15.0. The molecule has 0 fully saturated rings. The maximum atomic E-state index is 6.36. The average molecular weight is 381 g/mol. The number of hydrogen-bond donors (Lipinski definition) is 3. The van der Waals surface area contributed by atoms with Crippen LogP contribution in [0.5, 0.6) is 0 Å². The summed E-state index contributed by atoms with van der Waals surface area (Å²) in [7, 11) is 0. The fourth-order valence-corrected chi connectivity index (χ4v) is 3.28. The minimum Gasteiger partial charge on any atom is -0.394 e. The molecule has 6 heteroatoms. The Labute approximate surface area is 160 Å². The molecular formula is C19H26Cl2N4. The summed E-state index contributed by atoms with van der Waals surface area (Å²) < 4.78 is 0. The highest BCUT2D eigenvalue weighted by Gasteiger charge is 2.14. The minimum atomic E-state index is 0.408. The first-order valence-corrected chi connectivity index (χ1v) is 9.45. The summed E-state index contributed by atoms with van der Waals surface area (Å²) in [5.41, 5.74) is 9.47. The Hall–Kier alpha value is -1.65. The normalized spacial score (nSPS) is 11.0. The Morgan fingerprint density at radius 3 is 2.36 bits per heavy atom. The monoisotopic (exact) mass is 380 g/mol. The Morgan fingerprint density at radius 1 is 1.08 bits per heavy atom. The molecule has 0 bridgehead atoms. The second-order valence-corrected chi connectivity index (χ2v) is 7.08. The van der Waals surface area contributed by atoms with E-state index in [0.717, 1.165) is 42.8 Å². The molecule has 0 aliphatic heterocycles.